The van der Waals surface area contributed by atoms with E-state index < -0.39 is 0 Å². The monoisotopic (exact) mass is 398 g/mol. The fraction of sp³-hybridized carbons (Fsp3) is 0.381. The first kappa shape index (κ1) is 20.8. The molecule has 0 unspecified atom stereocenters. The average molecular weight is 398 g/mol. The zero-order valence-electron chi connectivity index (χ0n) is 16.5. The number of rotatable bonds is 8. The highest BCUT2D eigenvalue weighted by Gasteiger charge is 2.13. The number of nitrogens with one attached hydrogen (secondary N) is 2. The molecule has 1 aliphatic rings. The Morgan fingerprint density at radius 2 is 1.86 bits per heavy atom. The Morgan fingerprint density at radius 1 is 1.10 bits per heavy atom. The highest BCUT2D eigenvalue weighted by molar-refractivity contribution is 5.98. The van der Waals surface area contributed by atoms with Crippen molar-refractivity contribution in [2.24, 2.45) is 0 Å². The van der Waals surface area contributed by atoms with Crippen molar-refractivity contribution >= 4 is 11.8 Å². The average Bonchev–Trinajstić information content (AvgIpc) is 2.78. The maximum absolute atomic E-state index is 12.4. The van der Waals surface area contributed by atoms with Crippen molar-refractivity contribution in [2.75, 3.05) is 46.5 Å². The summed E-state index contributed by atoms with van der Waals surface area (Å²) in [4.78, 5) is 31.1. The number of morpholine rings is 1. The number of methoxy groups -OCH3 is 1. The molecule has 0 radical (unpaired) electrons. The third-order valence-electron chi connectivity index (χ3n) is 4.68. The van der Waals surface area contributed by atoms with Crippen molar-refractivity contribution in [3.8, 4) is 5.75 Å². The van der Waals surface area contributed by atoms with Crippen LogP contribution in [0.3, 0.4) is 0 Å². The Morgan fingerprint density at radius 3 is 2.59 bits per heavy atom. The molecule has 1 aromatic carbocycles. The molecule has 0 atom stereocenters. The summed E-state index contributed by atoms with van der Waals surface area (Å²) in [6.45, 7) is 4.86. The minimum absolute atomic E-state index is 0.226. The van der Waals surface area contributed by atoms with E-state index in [1.165, 1.54) is 12.3 Å². The normalized spacial score (nSPS) is 14.2. The highest BCUT2D eigenvalue weighted by Crippen LogP contribution is 2.11. The summed E-state index contributed by atoms with van der Waals surface area (Å²) in [7, 11) is 1.61. The van der Waals surface area contributed by atoms with E-state index in [1.807, 2.05) is 24.3 Å². The minimum Gasteiger partial charge on any atom is -0.497 e. The Hall–Kier alpha value is -2.97. The van der Waals surface area contributed by atoms with E-state index in [-0.39, 0.29) is 17.5 Å². The van der Waals surface area contributed by atoms with Crippen LogP contribution in [0.15, 0.2) is 42.6 Å². The number of hydrogen-bond donors (Lipinski definition) is 2. The van der Waals surface area contributed by atoms with Gasteiger partial charge in [-0.2, -0.15) is 0 Å². The van der Waals surface area contributed by atoms with E-state index in [9.17, 15) is 9.59 Å². The van der Waals surface area contributed by atoms with E-state index in [2.05, 4.69) is 20.5 Å². The summed E-state index contributed by atoms with van der Waals surface area (Å²) in [5.74, 6) is 0.215. The molecule has 2 amide bonds. The molecular formula is C21H26N4O4. The lowest BCUT2D eigenvalue weighted by molar-refractivity contribution is 0.0383. The lowest BCUT2D eigenvalue weighted by atomic mass is 10.2. The molecule has 8 heteroatoms. The predicted octanol–water partition coefficient (Wildman–Crippen LogP) is 1.08. The van der Waals surface area contributed by atoms with Crippen LogP contribution >= 0.6 is 0 Å². The number of nitrogens with zero attached hydrogens (tertiary/aromatic N) is 2. The van der Waals surface area contributed by atoms with Gasteiger partial charge in [0.25, 0.3) is 11.8 Å². The van der Waals surface area contributed by atoms with Crippen LogP contribution in [0.5, 0.6) is 5.75 Å². The molecule has 1 fully saturated rings. The Balaban J connectivity index is 1.49. The zero-order chi connectivity index (χ0) is 20.5. The second kappa shape index (κ2) is 10.5. The van der Waals surface area contributed by atoms with Crippen LogP contribution in [0.2, 0.25) is 0 Å². The molecule has 0 spiro atoms. The van der Waals surface area contributed by atoms with Crippen molar-refractivity contribution in [3.63, 3.8) is 0 Å². The zero-order valence-corrected chi connectivity index (χ0v) is 16.5. The lowest BCUT2D eigenvalue weighted by Crippen LogP contribution is -2.41. The van der Waals surface area contributed by atoms with Gasteiger partial charge in [0.1, 0.15) is 11.4 Å². The Labute approximate surface area is 170 Å². The number of amides is 2. The number of carbonyl (C=O) groups excluding carboxylic acids is 2. The first-order valence-corrected chi connectivity index (χ1v) is 9.61. The molecule has 154 valence electrons. The van der Waals surface area contributed by atoms with Crippen LogP contribution in [-0.2, 0) is 11.3 Å². The summed E-state index contributed by atoms with van der Waals surface area (Å²) in [6, 6.07) is 10.6. The molecule has 1 aliphatic heterocycles. The maximum atomic E-state index is 12.4. The maximum Gasteiger partial charge on any atom is 0.269 e. The van der Waals surface area contributed by atoms with E-state index in [4.69, 9.17) is 9.47 Å². The van der Waals surface area contributed by atoms with Gasteiger partial charge in [-0.3, -0.25) is 19.5 Å². The molecule has 2 aromatic rings. The van der Waals surface area contributed by atoms with Gasteiger partial charge >= 0.3 is 0 Å². The molecule has 3 rings (SSSR count). The van der Waals surface area contributed by atoms with Crippen LogP contribution in [0.4, 0.5) is 0 Å². The van der Waals surface area contributed by atoms with Gasteiger partial charge < -0.3 is 20.1 Å². The van der Waals surface area contributed by atoms with Gasteiger partial charge in [0.05, 0.1) is 20.3 Å². The van der Waals surface area contributed by atoms with Crippen LogP contribution in [0.1, 0.15) is 26.4 Å². The summed E-state index contributed by atoms with van der Waals surface area (Å²) < 4.78 is 10.4. The van der Waals surface area contributed by atoms with Gasteiger partial charge in [-0.05, 0) is 29.8 Å². The molecule has 0 aliphatic carbocycles. The van der Waals surface area contributed by atoms with Gasteiger partial charge in [0.2, 0.25) is 0 Å². The lowest BCUT2D eigenvalue weighted by Gasteiger charge is -2.26. The Kier molecular flexibility index (Phi) is 7.54. The van der Waals surface area contributed by atoms with Crippen molar-refractivity contribution in [1.29, 1.82) is 0 Å². The van der Waals surface area contributed by atoms with E-state index in [0.29, 0.717) is 18.7 Å². The molecule has 8 nitrogen and oxygen atoms in total. The third-order valence-corrected chi connectivity index (χ3v) is 4.68. The topological polar surface area (TPSA) is 92.8 Å². The van der Waals surface area contributed by atoms with Gasteiger partial charge in [-0.15, -0.1) is 0 Å². The van der Waals surface area contributed by atoms with Crippen molar-refractivity contribution in [1.82, 2.24) is 20.5 Å². The molecule has 1 saturated heterocycles. The second-order valence-electron chi connectivity index (χ2n) is 6.67. The highest BCUT2D eigenvalue weighted by atomic mass is 16.5. The number of hydrogen-bond acceptors (Lipinski definition) is 6. The van der Waals surface area contributed by atoms with E-state index >= 15 is 0 Å². The molecule has 29 heavy (non-hydrogen) atoms. The van der Waals surface area contributed by atoms with E-state index in [1.54, 1.807) is 13.2 Å². The Bertz CT molecular complexity index is 820. The summed E-state index contributed by atoms with van der Waals surface area (Å²) >= 11 is 0. The first-order valence-electron chi connectivity index (χ1n) is 9.61. The summed E-state index contributed by atoms with van der Waals surface area (Å²) in [6.07, 6.45) is 1.47. The van der Waals surface area contributed by atoms with Crippen LogP contribution < -0.4 is 15.4 Å². The fourth-order valence-electron chi connectivity index (χ4n) is 2.97. The number of benzene rings is 1. The first-order chi connectivity index (χ1) is 14.2. The second-order valence-corrected chi connectivity index (χ2v) is 6.67. The third kappa shape index (κ3) is 6.27. The van der Waals surface area contributed by atoms with E-state index in [0.717, 1.165) is 44.2 Å². The van der Waals surface area contributed by atoms with Crippen molar-refractivity contribution in [2.45, 2.75) is 6.54 Å². The van der Waals surface area contributed by atoms with Crippen LogP contribution in [0, 0.1) is 0 Å². The molecule has 1 aromatic heterocycles. The summed E-state index contributed by atoms with van der Waals surface area (Å²) in [5, 5.41) is 5.70. The largest absolute Gasteiger partial charge is 0.497 e. The molecule has 0 saturated carbocycles. The standard InChI is InChI=1S/C21H26N4O4/c1-28-18-4-2-16(3-5-18)15-24-20(26)17-6-7-22-19(14-17)21(27)23-8-9-25-10-12-29-13-11-25/h2-7,14H,8-13,15H2,1H3,(H,23,27)(H,24,26). The molecule has 2 heterocycles. The fourth-order valence-corrected chi connectivity index (χ4v) is 2.97. The minimum atomic E-state index is -0.289. The number of pyridine rings is 1. The van der Waals surface area contributed by atoms with Gasteiger partial charge in [-0.25, -0.2) is 0 Å². The van der Waals surface area contributed by atoms with Crippen LogP contribution in [0.25, 0.3) is 0 Å². The quantitative estimate of drug-likeness (QED) is 0.691. The summed E-state index contributed by atoms with van der Waals surface area (Å²) in [5.41, 5.74) is 1.57. The molecular weight excluding hydrogens is 372 g/mol. The van der Waals surface area contributed by atoms with Gasteiger partial charge in [0.15, 0.2) is 0 Å². The van der Waals surface area contributed by atoms with Gasteiger partial charge in [0, 0.05) is 44.5 Å². The SMILES string of the molecule is COc1ccc(CNC(=O)c2ccnc(C(=O)NCCN3CCOCC3)c2)cc1. The van der Waals surface area contributed by atoms with Gasteiger partial charge in [-0.1, -0.05) is 12.1 Å². The predicted molar refractivity (Wildman–Crippen MR) is 108 cm³/mol. The number of aromatic nitrogens is 1. The number of carbonyl (C=O) groups is 2. The van der Waals surface area contributed by atoms with Crippen molar-refractivity contribution in [3.05, 3.63) is 59.4 Å². The molecule has 0 bridgehead atoms. The molecule has 2 N–H and O–H groups in total. The number of ether oxygens (including phenoxy) is 2. The van der Waals surface area contributed by atoms with Crippen LogP contribution in [-0.4, -0.2) is 68.2 Å². The van der Waals surface area contributed by atoms with Crippen molar-refractivity contribution < 1.29 is 19.1 Å². The smallest absolute Gasteiger partial charge is 0.269 e.